The molecule has 0 aliphatic heterocycles. The van der Waals surface area contributed by atoms with Crippen LogP contribution in [-0.2, 0) is 32.3 Å². The Morgan fingerprint density at radius 1 is 0.696 bits per heavy atom. The first kappa shape index (κ1) is 32.7. The van der Waals surface area contributed by atoms with Gasteiger partial charge in [-0.05, 0) is 91.3 Å². The summed E-state index contributed by atoms with van der Waals surface area (Å²) in [6.45, 7) is 8.99. The Balaban J connectivity index is 1.50. The monoisotopic (exact) mass is 614 g/mol. The quantitative estimate of drug-likeness (QED) is 0.118. The Morgan fingerprint density at radius 3 is 1.93 bits per heavy atom. The number of aryl methyl sites for hydroxylation is 4. The van der Waals surface area contributed by atoms with Gasteiger partial charge in [0.2, 0.25) is 0 Å². The van der Waals surface area contributed by atoms with Crippen LogP contribution in [0.2, 0.25) is 0 Å². The van der Waals surface area contributed by atoms with Crippen LogP contribution in [0.15, 0.2) is 102 Å². The topological polar surface area (TPSA) is 53.4 Å². The van der Waals surface area contributed by atoms with Gasteiger partial charge in [0, 0.05) is 12.0 Å². The maximum absolute atomic E-state index is 14.4. The molecule has 0 aliphatic rings. The fourth-order valence-electron chi connectivity index (χ4n) is 5.96. The van der Waals surface area contributed by atoms with Gasteiger partial charge in [-0.2, -0.15) is 0 Å². The number of unbranched alkanes of at least 4 members (excludes halogenated alkanes) is 1. The number of hydrogen-bond donors (Lipinski definition) is 0. The average molecular weight is 615 g/mol. The second-order valence-corrected chi connectivity index (χ2v) is 11.9. The molecule has 46 heavy (non-hydrogen) atoms. The molecule has 0 N–H and O–H groups in total. The average Bonchev–Trinajstić information content (AvgIpc) is 3.07. The van der Waals surface area contributed by atoms with Crippen molar-refractivity contribution in [1.29, 1.82) is 0 Å². The molecule has 0 bridgehead atoms. The number of nitrogens with zero attached hydrogens (tertiary/aromatic N) is 2. The molecule has 5 nitrogen and oxygen atoms in total. The van der Waals surface area contributed by atoms with E-state index in [0.717, 1.165) is 90.3 Å². The van der Waals surface area contributed by atoms with Crippen molar-refractivity contribution < 1.29 is 9.47 Å². The van der Waals surface area contributed by atoms with Crippen LogP contribution in [-0.4, -0.2) is 9.55 Å². The van der Waals surface area contributed by atoms with E-state index < -0.39 is 0 Å². The summed E-state index contributed by atoms with van der Waals surface area (Å²) in [5.74, 6) is 3.26. The molecule has 1 aromatic heterocycles. The van der Waals surface area contributed by atoms with Gasteiger partial charge < -0.3 is 9.47 Å². The molecule has 0 aliphatic carbocycles. The first-order valence-electron chi connectivity index (χ1n) is 16.8. The molecular weight excluding hydrogens is 568 g/mol. The van der Waals surface area contributed by atoms with Gasteiger partial charge >= 0.3 is 0 Å². The van der Waals surface area contributed by atoms with Crippen LogP contribution in [0.25, 0.3) is 5.69 Å². The van der Waals surface area contributed by atoms with Crippen LogP contribution in [0.4, 0.5) is 0 Å². The Bertz CT molecular complexity index is 1730. The number of benzene rings is 4. The highest BCUT2D eigenvalue weighted by molar-refractivity contribution is 5.49. The van der Waals surface area contributed by atoms with E-state index in [2.05, 4.69) is 32.9 Å². The highest BCUT2D eigenvalue weighted by Crippen LogP contribution is 2.33. The summed E-state index contributed by atoms with van der Waals surface area (Å²) in [4.78, 5) is 19.4. The molecule has 0 spiro atoms. The smallest absolute Gasteiger partial charge is 0.261 e. The summed E-state index contributed by atoms with van der Waals surface area (Å²) in [7, 11) is 0. The van der Waals surface area contributed by atoms with Crippen LogP contribution in [0.1, 0.15) is 85.8 Å². The fraction of sp³-hybridized carbons (Fsp3) is 0.317. The van der Waals surface area contributed by atoms with E-state index in [1.54, 1.807) is 4.57 Å². The van der Waals surface area contributed by atoms with Crippen molar-refractivity contribution in [2.45, 2.75) is 85.7 Å². The zero-order valence-corrected chi connectivity index (χ0v) is 27.7. The van der Waals surface area contributed by atoms with E-state index in [0.29, 0.717) is 18.9 Å². The lowest BCUT2D eigenvalue weighted by molar-refractivity contribution is 0.306. The zero-order chi connectivity index (χ0) is 32.3. The van der Waals surface area contributed by atoms with Crippen molar-refractivity contribution in [3.8, 4) is 22.9 Å². The largest absolute Gasteiger partial charge is 0.489 e. The molecule has 0 atom stereocenters. The number of para-hydroxylation sites is 1. The lowest BCUT2D eigenvalue weighted by Crippen LogP contribution is -2.28. The Hall–Kier alpha value is -4.64. The zero-order valence-electron chi connectivity index (χ0n) is 27.7. The van der Waals surface area contributed by atoms with E-state index in [9.17, 15) is 4.79 Å². The highest BCUT2D eigenvalue weighted by Gasteiger charge is 2.19. The second-order valence-electron chi connectivity index (χ2n) is 11.9. The lowest BCUT2D eigenvalue weighted by Gasteiger charge is -2.19. The summed E-state index contributed by atoms with van der Waals surface area (Å²) in [5.41, 5.74) is 7.07. The molecular formula is C41H46N2O3. The van der Waals surface area contributed by atoms with Crippen LogP contribution >= 0.6 is 0 Å². The molecule has 5 aromatic rings. The SMILES string of the molecule is CCCCc1nc(C)n(-c2ccc(OCc3ccccc3)cc2)c(=O)c1Cc1cc(CCC)c(Oc2ccccc2)c(CCC)c1. The van der Waals surface area contributed by atoms with E-state index in [1.807, 2.05) is 91.9 Å². The predicted octanol–water partition coefficient (Wildman–Crippen LogP) is 9.75. The number of rotatable bonds is 15. The minimum absolute atomic E-state index is 0.00440. The third-order valence-electron chi connectivity index (χ3n) is 8.23. The van der Waals surface area contributed by atoms with Gasteiger partial charge in [-0.15, -0.1) is 0 Å². The molecule has 238 valence electrons. The molecule has 0 amide bonds. The normalized spacial score (nSPS) is 11.0. The minimum Gasteiger partial charge on any atom is -0.489 e. The fourth-order valence-corrected chi connectivity index (χ4v) is 5.96. The molecule has 1 heterocycles. The lowest BCUT2D eigenvalue weighted by atomic mass is 9.94. The van der Waals surface area contributed by atoms with Gasteiger partial charge in [0.25, 0.3) is 5.56 Å². The summed E-state index contributed by atoms with van der Waals surface area (Å²) < 4.78 is 14.3. The van der Waals surface area contributed by atoms with Crippen LogP contribution in [0.3, 0.4) is 0 Å². The molecule has 5 heteroatoms. The molecule has 5 rings (SSSR count). The molecule has 0 fully saturated rings. The third kappa shape index (κ3) is 8.14. The molecule has 0 saturated heterocycles. The van der Waals surface area contributed by atoms with Crippen molar-refractivity contribution in [1.82, 2.24) is 9.55 Å². The van der Waals surface area contributed by atoms with E-state index in [1.165, 1.54) is 11.1 Å². The van der Waals surface area contributed by atoms with Gasteiger partial charge in [-0.1, -0.05) is 101 Å². The summed E-state index contributed by atoms with van der Waals surface area (Å²) in [6, 6.07) is 32.3. The summed E-state index contributed by atoms with van der Waals surface area (Å²) in [5, 5.41) is 0. The Labute approximate surface area is 273 Å². The third-order valence-corrected chi connectivity index (χ3v) is 8.23. The number of hydrogen-bond acceptors (Lipinski definition) is 4. The number of ether oxygens (including phenoxy) is 2. The minimum atomic E-state index is -0.00440. The molecule has 0 unspecified atom stereocenters. The van der Waals surface area contributed by atoms with Crippen molar-refractivity contribution in [2.75, 3.05) is 0 Å². The first-order chi connectivity index (χ1) is 22.5. The van der Waals surface area contributed by atoms with Crippen LogP contribution in [0.5, 0.6) is 17.2 Å². The summed E-state index contributed by atoms with van der Waals surface area (Å²) in [6.07, 6.45) is 7.17. The highest BCUT2D eigenvalue weighted by atomic mass is 16.5. The van der Waals surface area contributed by atoms with E-state index in [-0.39, 0.29) is 5.56 Å². The van der Waals surface area contributed by atoms with E-state index >= 15 is 0 Å². The van der Waals surface area contributed by atoms with Crippen molar-refractivity contribution >= 4 is 0 Å². The Morgan fingerprint density at radius 2 is 1.33 bits per heavy atom. The van der Waals surface area contributed by atoms with Crippen LogP contribution < -0.4 is 15.0 Å². The van der Waals surface area contributed by atoms with Crippen molar-refractivity contribution in [3.05, 3.63) is 147 Å². The van der Waals surface area contributed by atoms with Gasteiger partial charge in [0.15, 0.2) is 0 Å². The standard InChI is InChI=1S/C41H46N2O3/c1-5-8-21-39-38(28-32-26-33(15-6-2)40(34(27-32)16-7-3)46-37-19-13-10-14-20-37)41(44)43(30(4)42-39)35-22-24-36(25-23-35)45-29-31-17-11-9-12-18-31/h9-14,17-20,22-27H,5-8,15-16,21,28-29H2,1-4H3. The maximum Gasteiger partial charge on any atom is 0.261 e. The molecule has 0 radical (unpaired) electrons. The first-order valence-corrected chi connectivity index (χ1v) is 16.8. The number of aromatic nitrogens is 2. The summed E-state index contributed by atoms with van der Waals surface area (Å²) >= 11 is 0. The van der Waals surface area contributed by atoms with Crippen molar-refractivity contribution in [2.24, 2.45) is 0 Å². The Kier molecular flexibility index (Phi) is 11.4. The molecule has 0 saturated carbocycles. The van der Waals surface area contributed by atoms with Crippen LogP contribution in [0, 0.1) is 6.92 Å². The predicted molar refractivity (Wildman–Crippen MR) is 188 cm³/mol. The molecule has 4 aromatic carbocycles. The van der Waals surface area contributed by atoms with E-state index in [4.69, 9.17) is 14.5 Å². The van der Waals surface area contributed by atoms with Crippen molar-refractivity contribution in [3.63, 3.8) is 0 Å². The van der Waals surface area contributed by atoms with Gasteiger partial charge in [0.05, 0.1) is 11.4 Å². The maximum atomic E-state index is 14.4. The van der Waals surface area contributed by atoms with Gasteiger partial charge in [0.1, 0.15) is 29.7 Å². The van der Waals surface area contributed by atoms with Gasteiger partial charge in [-0.3, -0.25) is 9.36 Å². The van der Waals surface area contributed by atoms with Gasteiger partial charge in [-0.25, -0.2) is 4.98 Å². The second kappa shape index (κ2) is 16.1.